The van der Waals surface area contributed by atoms with E-state index >= 15 is 0 Å². The van der Waals surface area contributed by atoms with Gasteiger partial charge in [-0.2, -0.15) is 11.8 Å². The average Bonchev–Trinajstić information content (AvgIpc) is 2.38. The van der Waals surface area contributed by atoms with Crippen LogP contribution in [-0.4, -0.2) is 37.4 Å². The molecule has 0 aliphatic heterocycles. The minimum atomic E-state index is -0.0327. The molecule has 0 spiro atoms. The van der Waals surface area contributed by atoms with Gasteiger partial charge < -0.3 is 10.6 Å². The maximum atomic E-state index is 11.0. The lowest BCUT2D eigenvalue weighted by molar-refractivity contribution is -0.118. The molecule has 0 aliphatic rings. The van der Waals surface area contributed by atoms with Crippen LogP contribution >= 0.6 is 11.8 Å². The second-order valence-corrected chi connectivity index (χ2v) is 3.85. The molecule has 0 aromatic heterocycles. The first kappa shape index (κ1) is 21.8. The fourth-order valence-corrected chi connectivity index (χ4v) is 1.92. The molecule has 1 atom stereocenters. The minimum absolute atomic E-state index is 0.0327. The average molecular weight is 262 g/mol. The maximum Gasteiger partial charge on any atom is 0.147 e. The number of hydrogen-bond donors (Lipinski definition) is 2. The molecule has 0 aliphatic carbocycles. The van der Waals surface area contributed by atoms with Gasteiger partial charge in [0.25, 0.3) is 0 Å². The zero-order chi connectivity index (χ0) is 14.3. The number of likely N-dealkylation sites (N-methyl/N-ethyl adjacent to an activating group) is 1. The second-order valence-electron chi connectivity index (χ2n) is 2.82. The van der Waals surface area contributed by atoms with Crippen LogP contribution in [0.5, 0.6) is 0 Å². The van der Waals surface area contributed by atoms with Crippen molar-refractivity contribution in [3.63, 3.8) is 0 Å². The van der Waals surface area contributed by atoms with Gasteiger partial charge in [0.15, 0.2) is 0 Å². The maximum absolute atomic E-state index is 11.0. The zero-order valence-corrected chi connectivity index (χ0v) is 13.3. The largest absolute Gasteiger partial charge is 0.391 e. The monoisotopic (exact) mass is 262 g/mol. The SMILES string of the molecule is C=C(CSCC(NC)C(C)=O)NC.CC.CC. The second kappa shape index (κ2) is 17.9. The topological polar surface area (TPSA) is 41.1 Å². The molecule has 0 saturated heterocycles. The van der Waals surface area contributed by atoms with Crippen molar-refractivity contribution in [3.05, 3.63) is 12.3 Å². The number of rotatable bonds is 7. The first-order chi connectivity index (χ1) is 8.11. The first-order valence-corrected chi connectivity index (χ1v) is 7.38. The van der Waals surface area contributed by atoms with E-state index in [1.807, 2.05) is 34.7 Å². The van der Waals surface area contributed by atoms with Gasteiger partial charge in [0, 0.05) is 24.3 Å². The van der Waals surface area contributed by atoms with Gasteiger partial charge in [0.1, 0.15) is 5.78 Å². The Morgan fingerprint density at radius 2 is 1.71 bits per heavy atom. The van der Waals surface area contributed by atoms with Crippen LogP contribution in [0.1, 0.15) is 34.6 Å². The van der Waals surface area contributed by atoms with Gasteiger partial charge in [-0.15, -0.1) is 0 Å². The first-order valence-electron chi connectivity index (χ1n) is 6.22. The third-order valence-corrected chi connectivity index (χ3v) is 2.88. The number of thioether (sulfide) groups is 1. The van der Waals surface area contributed by atoms with Gasteiger partial charge in [0.05, 0.1) is 6.04 Å². The number of Topliss-reactive ketones (excluding diaryl/α,β-unsaturated/α-hetero) is 1. The van der Waals surface area contributed by atoms with E-state index in [0.717, 1.165) is 17.2 Å². The highest BCUT2D eigenvalue weighted by molar-refractivity contribution is 7.99. The molecule has 0 saturated carbocycles. The predicted molar refractivity (Wildman–Crippen MR) is 81.7 cm³/mol. The summed E-state index contributed by atoms with van der Waals surface area (Å²) in [5.41, 5.74) is 0.989. The Labute approximate surface area is 112 Å². The Hall–Kier alpha value is -0.480. The number of nitrogens with one attached hydrogen (secondary N) is 2. The fourth-order valence-electron chi connectivity index (χ4n) is 0.776. The van der Waals surface area contributed by atoms with Crippen LogP contribution in [0.25, 0.3) is 0 Å². The normalized spacial score (nSPS) is 10.1. The Balaban J connectivity index is -0.000000439. The molecule has 0 rings (SSSR count). The third kappa shape index (κ3) is 15.5. The molecule has 104 valence electrons. The van der Waals surface area contributed by atoms with Gasteiger partial charge in [0.2, 0.25) is 0 Å². The van der Waals surface area contributed by atoms with Crippen molar-refractivity contribution in [1.29, 1.82) is 0 Å². The van der Waals surface area contributed by atoms with Gasteiger partial charge in [-0.05, 0) is 14.0 Å². The molecule has 4 heteroatoms. The highest BCUT2D eigenvalue weighted by atomic mass is 32.2. The molecule has 3 nitrogen and oxygen atoms in total. The van der Waals surface area contributed by atoms with Crippen molar-refractivity contribution in [1.82, 2.24) is 10.6 Å². The van der Waals surface area contributed by atoms with Crippen molar-refractivity contribution in [2.24, 2.45) is 0 Å². The number of carbonyl (C=O) groups is 1. The lowest BCUT2D eigenvalue weighted by Gasteiger charge is -2.12. The summed E-state index contributed by atoms with van der Waals surface area (Å²) in [6, 6.07) is -0.0327. The highest BCUT2D eigenvalue weighted by Crippen LogP contribution is 2.06. The van der Waals surface area contributed by atoms with Crippen LogP contribution in [-0.2, 0) is 4.79 Å². The summed E-state index contributed by atoms with van der Waals surface area (Å²) in [7, 11) is 3.66. The summed E-state index contributed by atoms with van der Waals surface area (Å²) in [6.07, 6.45) is 0. The van der Waals surface area contributed by atoms with Crippen molar-refractivity contribution in [3.8, 4) is 0 Å². The highest BCUT2D eigenvalue weighted by Gasteiger charge is 2.10. The Bertz CT molecular complexity index is 184. The van der Waals surface area contributed by atoms with Crippen molar-refractivity contribution in [2.45, 2.75) is 40.7 Å². The van der Waals surface area contributed by atoms with Crippen molar-refractivity contribution in [2.75, 3.05) is 25.6 Å². The molecule has 1 unspecified atom stereocenters. The minimum Gasteiger partial charge on any atom is -0.391 e. The summed E-state index contributed by atoms with van der Waals surface area (Å²) in [5.74, 6) is 1.83. The van der Waals surface area contributed by atoms with Crippen molar-refractivity contribution < 1.29 is 4.79 Å². The Morgan fingerprint density at radius 3 is 2.00 bits per heavy atom. The molecule has 0 aromatic carbocycles. The molecule has 0 aromatic rings. The van der Waals surface area contributed by atoms with Gasteiger partial charge >= 0.3 is 0 Å². The number of carbonyl (C=O) groups excluding carboxylic acids is 1. The van der Waals surface area contributed by atoms with Crippen LogP contribution in [0.15, 0.2) is 12.3 Å². The standard InChI is InChI=1S/C9H18N2OS.2C2H6/c1-7(10-3)5-13-6-9(11-4)8(2)12;2*1-2/h9-11H,1,5-6H2,2-4H3;2*1-2H3. The molecule has 0 radical (unpaired) electrons. The summed E-state index contributed by atoms with van der Waals surface area (Å²) in [6.45, 7) is 13.4. The Kier molecular flexibility index (Phi) is 22.9. The summed E-state index contributed by atoms with van der Waals surface area (Å²) in [5, 5.41) is 5.94. The van der Waals surface area contributed by atoms with E-state index in [1.54, 1.807) is 25.7 Å². The zero-order valence-electron chi connectivity index (χ0n) is 12.5. The van der Waals surface area contributed by atoms with Crippen molar-refractivity contribution >= 4 is 17.5 Å². The van der Waals surface area contributed by atoms with E-state index in [9.17, 15) is 4.79 Å². The lowest BCUT2D eigenvalue weighted by Crippen LogP contribution is -2.34. The van der Waals surface area contributed by atoms with E-state index < -0.39 is 0 Å². The van der Waals surface area contributed by atoms with Gasteiger partial charge in [-0.1, -0.05) is 34.3 Å². The fraction of sp³-hybridized carbons (Fsp3) is 0.769. The predicted octanol–water partition coefficient (Wildman–Crippen LogP) is 2.68. The summed E-state index contributed by atoms with van der Waals surface area (Å²) < 4.78 is 0. The molecule has 0 fully saturated rings. The van der Waals surface area contributed by atoms with Gasteiger partial charge in [-0.25, -0.2) is 0 Å². The third-order valence-electron chi connectivity index (χ3n) is 1.75. The quantitative estimate of drug-likeness (QED) is 0.740. The molecular formula is C13H30N2OS. The van der Waals surface area contributed by atoms with E-state index in [0.29, 0.717) is 0 Å². The smallest absolute Gasteiger partial charge is 0.147 e. The Morgan fingerprint density at radius 1 is 1.24 bits per heavy atom. The van der Waals surface area contributed by atoms with E-state index in [2.05, 4.69) is 17.2 Å². The van der Waals surface area contributed by atoms with Crippen LogP contribution in [0.2, 0.25) is 0 Å². The number of hydrogen-bond acceptors (Lipinski definition) is 4. The lowest BCUT2D eigenvalue weighted by atomic mass is 10.2. The van der Waals surface area contributed by atoms with Gasteiger partial charge in [-0.3, -0.25) is 4.79 Å². The molecule has 17 heavy (non-hydrogen) atoms. The molecule has 0 amide bonds. The molecular weight excluding hydrogens is 232 g/mol. The van der Waals surface area contributed by atoms with Crippen LogP contribution < -0.4 is 10.6 Å². The number of ketones is 1. The van der Waals surface area contributed by atoms with Crippen LogP contribution in [0.3, 0.4) is 0 Å². The van der Waals surface area contributed by atoms with E-state index in [1.165, 1.54) is 0 Å². The molecule has 0 heterocycles. The molecule has 0 bridgehead atoms. The van der Waals surface area contributed by atoms with Crippen LogP contribution in [0, 0.1) is 0 Å². The summed E-state index contributed by atoms with van der Waals surface area (Å²) in [4.78, 5) is 11.0. The molecule has 2 N–H and O–H groups in total. The van der Waals surface area contributed by atoms with E-state index in [4.69, 9.17) is 0 Å². The van der Waals surface area contributed by atoms with Crippen LogP contribution in [0.4, 0.5) is 0 Å². The van der Waals surface area contributed by atoms with E-state index in [-0.39, 0.29) is 11.8 Å². The summed E-state index contributed by atoms with van der Waals surface area (Å²) >= 11 is 1.70.